The third kappa shape index (κ3) is 4.37. The van der Waals surface area contributed by atoms with E-state index >= 15 is 0 Å². The molecule has 122 valence electrons. The molecule has 0 unspecified atom stereocenters. The highest BCUT2D eigenvalue weighted by Gasteiger charge is 2.07. The number of ether oxygens (including phenoxy) is 1. The van der Waals surface area contributed by atoms with Gasteiger partial charge in [-0.05, 0) is 78.4 Å². The highest BCUT2D eigenvalue weighted by molar-refractivity contribution is 14.1. The van der Waals surface area contributed by atoms with Crippen LogP contribution >= 0.6 is 22.6 Å². The van der Waals surface area contributed by atoms with Gasteiger partial charge in [-0.3, -0.25) is 4.99 Å². The second-order valence-electron chi connectivity index (χ2n) is 5.00. The number of nitrogens with zero attached hydrogens (tertiary/aromatic N) is 2. The van der Waals surface area contributed by atoms with Gasteiger partial charge in [0.15, 0.2) is 11.5 Å². The first-order valence-corrected chi connectivity index (χ1v) is 8.62. The van der Waals surface area contributed by atoms with Gasteiger partial charge >= 0.3 is 0 Å². The first-order chi connectivity index (χ1) is 11.1. The average molecular weight is 424 g/mol. The van der Waals surface area contributed by atoms with Gasteiger partial charge in [0, 0.05) is 25.0 Å². The van der Waals surface area contributed by atoms with E-state index in [1.807, 2.05) is 18.2 Å². The van der Waals surface area contributed by atoms with E-state index in [9.17, 15) is 5.11 Å². The molecule has 0 aliphatic rings. The van der Waals surface area contributed by atoms with Gasteiger partial charge in [-0.15, -0.1) is 0 Å². The summed E-state index contributed by atoms with van der Waals surface area (Å²) in [7, 11) is 1.54. The number of methoxy groups -OCH3 is 1. The lowest BCUT2D eigenvalue weighted by molar-refractivity contribution is 0.371. The quantitative estimate of drug-likeness (QED) is 0.545. The number of aliphatic imine (C=N–C) groups is 1. The van der Waals surface area contributed by atoms with Gasteiger partial charge in [0.2, 0.25) is 0 Å². The second-order valence-corrected chi connectivity index (χ2v) is 6.16. The Kier molecular flexibility index (Phi) is 6.27. The number of anilines is 1. The highest BCUT2D eigenvalue weighted by Crippen LogP contribution is 2.32. The second kappa shape index (κ2) is 8.19. The van der Waals surface area contributed by atoms with E-state index < -0.39 is 0 Å². The summed E-state index contributed by atoms with van der Waals surface area (Å²) in [6.45, 7) is 6.28. The number of rotatable bonds is 6. The van der Waals surface area contributed by atoms with Crippen molar-refractivity contribution in [1.82, 2.24) is 0 Å². The normalized spacial score (nSPS) is 11.0. The first kappa shape index (κ1) is 17.6. The lowest BCUT2D eigenvalue weighted by Gasteiger charge is -2.20. The van der Waals surface area contributed by atoms with Gasteiger partial charge in [0.1, 0.15) is 0 Å². The number of aromatic hydroxyl groups is 1. The maximum atomic E-state index is 9.85. The molecule has 5 heteroatoms. The molecule has 0 amide bonds. The molecule has 0 radical (unpaired) electrons. The summed E-state index contributed by atoms with van der Waals surface area (Å²) >= 11 is 2.08. The summed E-state index contributed by atoms with van der Waals surface area (Å²) in [5.74, 6) is 0.615. The Hall–Kier alpha value is -1.76. The van der Waals surface area contributed by atoms with Gasteiger partial charge in [0.25, 0.3) is 0 Å². The molecule has 0 spiro atoms. The molecule has 1 N–H and O–H groups in total. The Morgan fingerprint density at radius 3 is 2.39 bits per heavy atom. The molecule has 0 heterocycles. The topological polar surface area (TPSA) is 45.1 Å². The van der Waals surface area contributed by atoms with Crippen LogP contribution in [0.2, 0.25) is 0 Å². The Balaban J connectivity index is 2.19. The molecule has 0 saturated carbocycles. The van der Waals surface area contributed by atoms with E-state index in [2.05, 4.69) is 58.5 Å². The van der Waals surface area contributed by atoms with Crippen LogP contribution in [0.15, 0.2) is 41.4 Å². The summed E-state index contributed by atoms with van der Waals surface area (Å²) in [6, 6.07) is 11.8. The maximum Gasteiger partial charge on any atom is 0.171 e. The molecule has 2 aromatic carbocycles. The standard InChI is InChI=1S/C18H21IN2O2/c1-4-21(5-2)15-8-6-14(7-9-15)20-12-13-10-16(19)18(22)17(11-13)23-3/h6-12,22H,4-5H2,1-3H3. The first-order valence-electron chi connectivity index (χ1n) is 7.54. The number of benzene rings is 2. The molecular formula is C18H21IN2O2. The molecule has 0 saturated heterocycles. The van der Waals surface area contributed by atoms with Crippen molar-refractivity contribution in [2.24, 2.45) is 4.99 Å². The molecule has 0 aliphatic heterocycles. The van der Waals surface area contributed by atoms with Crippen LogP contribution in [0.1, 0.15) is 19.4 Å². The lowest BCUT2D eigenvalue weighted by atomic mass is 10.2. The molecule has 0 aromatic heterocycles. The van der Waals surface area contributed by atoms with Crippen LogP contribution in [0.25, 0.3) is 0 Å². The van der Waals surface area contributed by atoms with E-state index in [0.29, 0.717) is 5.75 Å². The fraction of sp³-hybridized carbons (Fsp3) is 0.278. The number of hydrogen-bond donors (Lipinski definition) is 1. The van der Waals surface area contributed by atoms with E-state index in [-0.39, 0.29) is 5.75 Å². The molecule has 0 bridgehead atoms. The van der Waals surface area contributed by atoms with Crippen LogP contribution < -0.4 is 9.64 Å². The summed E-state index contributed by atoms with van der Waals surface area (Å²) in [6.07, 6.45) is 1.77. The van der Waals surface area contributed by atoms with Crippen LogP contribution in [-0.2, 0) is 0 Å². The van der Waals surface area contributed by atoms with Gasteiger partial charge in [-0.1, -0.05) is 0 Å². The van der Waals surface area contributed by atoms with Gasteiger partial charge in [-0.25, -0.2) is 0 Å². The minimum absolute atomic E-state index is 0.161. The Morgan fingerprint density at radius 1 is 1.17 bits per heavy atom. The summed E-state index contributed by atoms with van der Waals surface area (Å²) in [4.78, 5) is 6.78. The smallest absolute Gasteiger partial charge is 0.171 e. The third-order valence-electron chi connectivity index (χ3n) is 3.61. The number of phenolic OH excluding ortho intramolecular Hbond substituents is 1. The van der Waals surface area contributed by atoms with Crippen molar-refractivity contribution in [2.75, 3.05) is 25.1 Å². The maximum absolute atomic E-state index is 9.85. The molecule has 2 aromatic rings. The molecule has 23 heavy (non-hydrogen) atoms. The Bertz CT molecular complexity index is 680. The van der Waals surface area contributed by atoms with Crippen LogP contribution in [-0.4, -0.2) is 31.5 Å². The van der Waals surface area contributed by atoms with Crippen molar-refractivity contribution in [3.05, 3.63) is 45.5 Å². The number of halogens is 1. The lowest BCUT2D eigenvalue weighted by Crippen LogP contribution is -2.21. The minimum Gasteiger partial charge on any atom is -0.504 e. The molecule has 0 fully saturated rings. The molecule has 0 aliphatic carbocycles. The van der Waals surface area contributed by atoms with E-state index in [1.54, 1.807) is 12.3 Å². The van der Waals surface area contributed by atoms with Crippen LogP contribution in [0.5, 0.6) is 11.5 Å². The predicted molar refractivity (Wildman–Crippen MR) is 105 cm³/mol. The van der Waals surface area contributed by atoms with E-state index in [1.165, 1.54) is 12.8 Å². The van der Waals surface area contributed by atoms with Crippen molar-refractivity contribution in [3.63, 3.8) is 0 Å². The minimum atomic E-state index is 0.161. The van der Waals surface area contributed by atoms with Crippen LogP contribution in [0, 0.1) is 3.57 Å². The molecular weight excluding hydrogens is 403 g/mol. The molecule has 0 atom stereocenters. The van der Waals surface area contributed by atoms with Crippen molar-refractivity contribution in [1.29, 1.82) is 0 Å². The zero-order valence-electron chi connectivity index (χ0n) is 13.6. The third-order valence-corrected chi connectivity index (χ3v) is 4.43. The monoisotopic (exact) mass is 424 g/mol. The number of hydrogen-bond acceptors (Lipinski definition) is 4. The fourth-order valence-corrected chi connectivity index (χ4v) is 2.94. The van der Waals surface area contributed by atoms with Crippen LogP contribution in [0.4, 0.5) is 11.4 Å². The number of phenols is 1. The van der Waals surface area contributed by atoms with Crippen molar-refractivity contribution < 1.29 is 9.84 Å². The van der Waals surface area contributed by atoms with Crippen molar-refractivity contribution in [2.45, 2.75) is 13.8 Å². The average Bonchev–Trinajstić information content (AvgIpc) is 2.58. The van der Waals surface area contributed by atoms with E-state index in [4.69, 9.17) is 4.74 Å². The van der Waals surface area contributed by atoms with E-state index in [0.717, 1.165) is 27.9 Å². The molecule has 4 nitrogen and oxygen atoms in total. The van der Waals surface area contributed by atoms with Crippen LogP contribution in [0.3, 0.4) is 0 Å². The Morgan fingerprint density at radius 2 is 1.83 bits per heavy atom. The summed E-state index contributed by atoms with van der Waals surface area (Å²) in [5.41, 5.74) is 2.98. The highest BCUT2D eigenvalue weighted by atomic mass is 127. The largest absolute Gasteiger partial charge is 0.504 e. The van der Waals surface area contributed by atoms with Gasteiger partial charge < -0.3 is 14.7 Å². The van der Waals surface area contributed by atoms with Gasteiger partial charge in [-0.2, -0.15) is 0 Å². The fourth-order valence-electron chi connectivity index (χ4n) is 2.31. The molecule has 2 rings (SSSR count). The zero-order chi connectivity index (χ0) is 16.8. The summed E-state index contributed by atoms with van der Waals surface area (Å²) < 4.78 is 5.90. The van der Waals surface area contributed by atoms with Crippen molar-refractivity contribution in [3.8, 4) is 11.5 Å². The van der Waals surface area contributed by atoms with Crippen molar-refractivity contribution >= 4 is 40.2 Å². The zero-order valence-corrected chi connectivity index (χ0v) is 15.7. The summed E-state index contributed by atoms with van der Waals surface area (Å²) in [5, 5.41) is 9.85. The van der Waals surface area contributed by atoms with Gasteiger partial charge in [0.05, 0.1) is 16.4 Å². The predicted octanol–water partition coefficient (Wildman–Crippen LogP) is 4.60. The SMILES string of the molecule is CCN(CC)c1ccc(N=Cc2cc(I)c(O)c(OC)c2)cc1. The Labute approximate surface area is 151 Å².